The van der Waals surface area contributed by atoms with E-state index in [1.807, 2.05) is 36.4 Å². The van der Waals surface area contributed by atoms with Crippen LogP contribution in [0.1, 0.15) is 16.7 Å². The third-order valence-corrected chi connectivity index (χ3v) is 4.06. The molecule has 1 fully saturated rings. The van der Waals surface area contributed by atoms with Gasteiger partial charge in [-0.3, -0.25) is 0 Å². The minimum Gasteiger partial charge on any atom is -0.497 e. The average molecular weight is 280 g/mol. The van der Waals surface area contributed by atoms with Crippen LogP contribution >= 0.6 is 0 Å². The highest BCUT2D eigenvalue weighted by Gasteiger charge is 2.47. The van der Waals surface area contributed by atoms with Gasteiger partial charge < -0.3 is 14.2 Å². The van der Waals surface area contributed by atoms with E-state index >= 15 is 0 Å². The van der Waals surface area contributed by atoms with Crippen LogP contribution in [-0.2, 0) is 15.3 Å². The minimum atomic E-state index is -0.745. The van der Waals surface area contributed by atoms with E-state index in [0.717, 1.165) is 28.0 Å². The monoisotopic (exact) mass is 280 g/mol. The van der Waals surface area contributed by atoms with Gasteiger partial charge in [0.1, 0.15) is 5.75 Å². The predicted octanol–water partition coefficient (Wildman–Crippen LogP) is 3.45. The van der Waals surface area contributed by atoms with E-state index in [9.17, 15) is 0 Å². The van der Waals surface area contributed by atoms with E-state index in [-0.39, 0.29) is 0 Å². The highest BCUT2D eigenvalue weighted by Crippen LogP contribution is 2.50. The van der Waals surface area contributed by atoms with E-state index in [1.165, 1.54) is 0 Å². The molecule has 0 atom stereocenters. The lowest BCUT2D eigenvalue weighted by atomic mass is 9.97. The molecule has 2 aliphatic rings. The zero-order valence-electron chi connectivity index (χ0n) is 11.8. The molecular formula is C18H16O3. The third-order valence-electron chi connectivity index (χ3n) is 4.06. The predicted molar refractivity (Wildman–Crippen MR) is 80.9 cm³/mol. The van der Waals surface area contributed by atoms with Crippen molar-refractivity contribution >= 4 is 11.6 Å². The van der Waals surface area contributed by atoms with Crippen LogP contribution in [0.3, 0.4) is 0 Å². The Kier molecular flexibility index (Phi) is 2.84. The summed E-state index contributed by atoms with van der Waals surface area (Å²) in [5.41, 5.74) is 4.40. The van der Waals surface area contributed by atoms with Crippen molar-refractivity contribution in [3.8, 4) is 5.75 Å². The van der Waals surface area contributed by atoms with Gasteiger partial charge in [0.25, 0.3) is 0 Å². The molecule has 0 saturated carbocycles. The van der Waals surface area contributed by atoms with Crippen LogP contribution in [0.25, 0.3) is 11.6 Å². The lowest BCUT2D eigenvalue weighted by Crippen LogP contribution is -2.26. The molecule has 106 valence electrons. The highest BCUT2D eigenvalue weighted by molar-refractivity contribution is 5.92. The number of rotatable bonds is 2. The molecule has 0 amide bonds. The second-order valence-corrected chi connectivity index (χ2v) is 5.19. The van der Waals surface area contributed by atoms with Crippen molar-refractivity contribution in [1.82, 2.24) is 0 Å². The number of hydrogen-bond acceptors (Lipinski definition) is 3. The Morgan fingerprint density at radius 2 is 1.67 bits per heavy atom. The summed E-state index contributed by atoms with van der Waals surface area (Å²) in [6.45, 7) is 1.23. The maximum absolute atomic E-state index is 6.03. The van der Waals surface area contributed by atoms with Crippen LogP contribution < -0.4 is 4.74 Å². The minimum absolute atomic E-state index is 0.613. The van der Waals surface area contributed by atoms with E-state index in [0.29, 0.717) is 13.2 Å². The molecule has 1 aliphatic carbocycles. The summed E-state index contributed by atoms with van der Waals surface area (Å²) in [5.74, 6) is 0.0997. The number of methoxy groups -OCH3 is 1. The molecule has 3 nitrogen and oxygen atoms in total. The fraction of sp³-hybridized carbons (Fsp3) is 0.222. The van der Waals surface area contributed by atoms with Gasteiger partial charge in [-0.1, -0.05) is 36.4 Å². The lowest BCUT2D eigenvalue weighted by molar-refractivity contribution is -0.111. The number of ether oxygens (including phenoxy) is 3. The number of benzene rings is 2. The summed E-state index contributed by atoms with van der Waals surface area (Å²) in [6.07, 6.45) is 2.16. The standard InChI is InChI=1S/C18H16O3/c1-19-15-8-6-13(7-9-15)17-12-14-4-2-3-5-16(14)18(17)20-10-11-21-18/h2-9,12H,10-11H2,1H3. The van der Waals surface area contributed by atoms with Crippen molar-refractivity contribution in [1.29, 1.82) is 0 Å². The largest absolute Gasteiger partial charge is 0.497 e. The first-order chi connectivity index (χ1) is 10.3. The van der Waals surface area contributed by atoms with Crippen LogP contribution in [0.15, 0.2) is 48.5 Å². The van der Waals surface area contributed by atoms with Crippen LogP contribution in [0, 0.1) is 0 Å². The van der Waals surface area contributed by atoms with Crippen LogP contribution in [0.2, 0.25) is 0 Å². The van der Waals surface area contributed by atoms with Gasteiger partial charge >= 0.3 is 0 Å². The van der Waals surface area contributed by atoms with Crippen molar-refractivity contribution in [2.75, 3.05) is 20.3 Å². The molecule has 0 radical (unpaired) electrons. The maximum Gasteiger partial charge on any atom is 0.223 e. The number of hydrogen-bond donors (Lipinski definition) is 0. The molecule has 1 heterocycles. The first kappa shape index (κ1) is 12.6. The van der Waals surface area contributed by atoms with E-state index in [4.69, 9.17) is 14.2 Å². The summed E-state index contributed by atoms with van der Waals surface area (Å²) >= 11 is 0. The van der Waals surface area contributed by atoms with Gasteiger partial charge in [-0.2, -0.15) is 0 Å². The van der Waals surface area contributed by atoms with Crippen LogP contribution in [0.5, 0.6) is 5.75 Å². The Bertz CT molecular complexity index is 695. The van der Waals surface area contributed by atoms with Crippen molar-refractivity contribution in [2.24, 2.45) is 0 Å². The Hall–Kier alpha value is -2.10. The van der Waals surface area contributed by atoms with Gasteiger partial charge in [-0.05, 0) is 29.3 Å². The smallest absolute Gasteiger partial charge is 0.223 e. The fourth-order valence-electron chi connectivity index (χ4n) is 3.09. The summed E-state index contributed by atoms with van der Waals surface area (Å²) in [7, 11) is 1.67. The summed E-state index contributed by atoms with van der Waals surface area (Å²) in [5, 5.41) is 0. The normalized spacial score (nSPS) is 18.6. The summed E-state index contributed by atoms with van der Waals surface area (Å²) < 4.78 is 17.3. The Balaban J connectivity index is 1.84. The van der Waals surface area contributed by atoms with Gasteiger partial charge in [0.05, 0.1) is 20.3 Å². The molecule has 21 heavy (non-hydrogen) atoms. The average Bonchev–Trinajstić information content (AvgIpc) is 3.15. The van der Waals surface area contributed by atoms with Crippen molar-refractivity contribution in [3.05, 3.63) is 65.2 Å². The summed E-state index contributed by atoms with van der Waals surface area (Å²) in [4.78, 5) is 0. The van der Waals surface area contributed by atoms with Crippen LogP contribution in [0.4, 0.5) is 0 Å². The molecule has 0 unspecified atom stereocenters. The van der Waals surface area contributed by atoms with Gasteiger partial charge in [0.15, 0.2) is 0 Å². The molecule has 1 saturated heterocycles. The second-order valence-electron chi connectivity index (χ2n) is 5.19. The summed E-state index contributed by atoms with van der Waals surface area (Å²) in [6, 6.07) is 16.2. The van der Waals surface area contributed by atoms with E-state index < -0.39 is 5.79 Å². The zero-order valence-corrected chi connectivity index (χ0v) is 11.8. The van der Waals surface area contributed by atoms with Crippen LogP contribution in [-0.4, -0.2) is 20.3 Å². The molecule has 0 aromatic heterocycles. The molecule has 1 spiro atoms. The third kappa shape index (κ3) is 1.82. The first-order valence-electron chi connectivity index (χ1n) is 7.07. The molecule has 1 aliphatic heterocycles. The Morgan fingerprint density at radius 3 is 2.38 bits per heavy atom. The molecule has 2 aromatic rings. The quantitative estimate of drug-likeness (QED) is 0.843. The Labute approximate surface area is 123 Å². The van der Waals surface area contributed by atoms with E-state index in [2.05, 4.69) is 18.2 Å². The highest BCUT2D eigenvalue weighted by atomic mass is 16.7. The zero-order chi connectivity index (χ0) is 14.3. The lowest BCUT2D eigenvalue weighted by Gasteiger charge is -2.27. The second kappa shape index (κ2) is 4.72. The van der Waals surface area contributed by atoms with Crippen molar-refractivity contribution in [3.63, 3.8) is 0 Å². The molecule has 0 bridgehead atoms. The SMILES string of the molecule is COc1ccc(C2=Cc3ccccc3C23OCCO3)cc1. The maximum atomic E-state index is 6.03. The first-order valence-corrected chi connectivity index (χ1v) is 7.07. The topological polar surface area (TPSA) is 27.7 Å². The van der Waals surface area contributed by atoms with E-state index in [1.54, 1.807) is 7.11 Å². The molecular weight excluding hydrogens is 264 g/mol. The van der Waals surface area contributed by atoms with Gasteiger partial charge in [0, 0.05) is 11.1 Å². The van der Waals surface area contributed by atoms with Gasteiger partial charge in [0.2, 0.25) is 5.79 Å². The molecule has 2 aromatic carbocycles. The van der Waals surface area contributed by atoms with Gasteiger partial charge in [-0.15, -0.1) is 0 Å². The van der Waals surface area contributed by atoms with Crippen molar-refractivity contribution in [2.45, 2.75) is 5.79 Å². The van der Waals surface area contributed by atoms with Crippen molar-refractivity contribution < 1.29 is 14.2 Å². The molecule has 3 heteroatoms. The fourth-order valence-corrected chi connectivity index (χ4v) is 3.09. The molecule has 4 rings (SSSR count). The Morgan fingerprint density at radius 1 is 0.952 bits per heavy atom. The molecule has 0 N–H and O–H groups in total. The van der Waals surface area contributed by atoms with Gasteiger partial charge in [-0.25, -0.2) is 0 Å². The number of fused-ring (bicyclic) bond motifs is 2.